The lowest BCUT2D eigenvalue weighted by molar-refractivity contribution is -0.0478. The Morgan fingerprint density at radius 3 is 2.92 bits per heavy atom. The normalized spacial score (nSPS) is 11.9. The van der Waals surface area contributed by atoms with Gasteiger partial charge in [-0.3, -0.25) is 0 Å². The van der Waals surface area contributed by atoms with Gasteiger partial charge in [0.15, 0.2) is 0 Å². The van der Waals surface area contributed by atoms with Crippen molar-refractivity contribution in [2.24, 2.45) is 0 Å². The summed E-state index contributed by atoms with van der Waals surface area (Å²) in [4.78, 5) is 6.49. The maximum Gasteiger partial charge on any atom is 0.282 e. The summed E-state index contributed by atoms with van der Waals surface area (Å²) in [5.74, 6) is -3.06. The van der Waals surface area contributed by atoms with Crippen LogP contribution < -0.4 is 5.32 Å². The summed E-state index contributed by atoms with van der Waals surface area (Å²) < 4.78 is 24.9. The number of hydrogen-bond donors (Lipinski definition) is 3. The maximum absolute atomic E-state index is 12.4. The lowest BCUT2D eigenvalue weighted by atomic mass is 10.3. The van der Waals surface area contributed by atoms with Crippen LogP contribution in [0.3, 0.4) is 0 Å². The van der Waals surface area contributed by atoms with Crippen molar-refractivity contribution in [3.63, 3.8) is 0 Å². The van der Waals surface area contributed by atoms with E-state index >= 15 is 0 Å². The molecule has 0 saturated carbocycles. The first kappa shape index (κ1) is 10.1. The molecule has 0 aliphatic heterocycles. The standard InChI is InChI=1S/C7H11F2N3O/c8-7(9,4-13)3-10-1-6-2-11-5-12-6/h2,5,10,13H,1,3-4H2,(H,11,12). The molecular formula is C7H11F2N3O. The molecule has 0 bridgehead atoms. The van der Waals surface area contributed by atoms with Crippen molar-refractivity contribution >= 4 is 0 Å². The molecule has 0 atom stereocenters. The van der Waals surface area contributed by atoms with Crippen LogP contribution >= 0.6 is 0 Å². The lowest BCUT2D eigenvalue weighted by Gasteiger charge is -2.13. The molecular weight excluding hydrogens is 180 g/mol. The van der Waals surface area contributed by atoms with E-state index in [-0.39, 0.29) is 6.54 Å². The van der Waals surface area contributed by atoms with E-state index in [0.717, 1.165) is 5.69 Å². The maximum atomic E-state index is 12.4. The van der Waals surface area contributed by atoms with Crippen LogP contribution in [0.5, 0.6) is 0 Å². The van der Waals surface area contributed by atoms with Crippen LogP contribution in [0, 0.1) is 0 Å². The third kappa shape index (κ3) is 3.47. The second-order valence-corrected chi connectivity index (χ2v) is 2.69. The molecule has 0 aliphatic rings. The minimum absolute atomic E-state index is 0.287. The van der Waals surface area contributed by atoms with Crippen molar-refractivity contribution < 1.29 is 13.9 Å². The summed E-state index contributed by atoms with van der Waals surface area (Å²) in [6.45, 7) is -1.39. The predicted octanol–water partition coefficient (Wildman–Crippen LogP) is 0.127. The van der Waals surface area contributed by atoms with Crippen LogP contribution in [0.4, 0.5) is 8.78 Å². The SMILES string of the molecule is OCC(F)(F)CNCc1cnc[nH]1. The zero-order valence-electron chi connectivity index (χ0n) is 6.93. The summed E-state index contributed by atoms with van der Waals surface area (Å²) in [5.41, 5.74) is 0.730. The Morgan fingerprint density at radius 1 is 1.62 bits per heavy atom. The molecule has 6 heteroatoms. The van der Waals surface area contributed by atoms with Crippen molar-refractivity contribution in [1.29, 1.82) is 0 Å². The molecule has 1 heterocycles. The lowest BCUT2D eigenvalue weighted by Crippen LogP contribution is -2.35. The molecule has 0 saturated heterocycles. The number of hydrogen-bond acceptors (Lipinski definition) is 3. The summed E-state index contributed by atoms with van der Waals surface area (Å²) in [5, 5.41) is 10.7. The zero-order valence-corrected chi connectivity index (χ0v) is 6.93. The average molecular weight is 191 g/mol. The largest absolute Gasteiger partial charge is 0.390 e. The first-order chi connectivity index (χ1) is 6.14. The highest BCUT2D eigenvalue weighted by molar-refractivity contribution is 4.93. The van der Waals surface area contributed by atoms with Gasteiger partial charge in [-0.05, 0) is 0 Å². The molecule has 0 spiro atoms. The van der Waals surface area contributed by atoms with Gasteiger partial charge in [-0.15, -0.1) is 0 Å². The third-order valence-corrected chi connectivity index (χ3v) is 1.49. The van der Waals surface area contributed by atoms with E-state index in [1.165, 1.54) is 6.33 Å². The Kier molecular flexibility index (Phi) is 3.32. The molecule has 1 rings (SSSR count). The van der Waals surface area contributed by atoms with Crippen molar-refractivity contribution in [3.05, 3.63) is 18.2 Å². The van der Waals surface area contributed by atoms with Crippen LogP contribution in [-0.2, 0) is 6.54 Å². The number of alkyl halides is 2. The molecule has 3 N–H and O–H groups in total. The number of nitrogens with zero attached hydrogens (tertiary/aromatic N) is 1. The molecule has 1 aromatic rings. The number of aromatic amines is 1. The summed E-state index contributed by atoms with van der Waals surface area (Å²) >= 11 is 0. The third-order valence-electron chi connectivity index (χ3n) is 1.49. The highest BCUT2D eigenvalue weighted by atomic mass is 19.3. The zero-order chi connectivity index (χ0) is 9.73. The summed E-state index contributed by atoms with van der Waals surface area (Å²) in [6, 6.07) is 0. The van der Waals surface area contributed by atoms with Crippen molar-refractivity contribution in [1.82, 2.24) is 15.3 Å². The fraction of sp³-hybridized carbons (Fsp3) is 0.571. The second-order valence-electron chi connectivity index (χ2n) is 2.69. The van der Waals surface area contributed by atoms with Crippen molar-refractivity contribution in [2.75, 3.05) is 13.2 Å². The number of halogens is 2. The van der Waals surface area contributed by atoms with Crippen molar-refractivity contribution in [2.45, 2.75) is 12.5 Å². The first-order valence-electron chi connectivity index (χ1n) is 3.81. The van der Waals surface area contributed by atoms with Gasteiger partial charge in [0.1, 0.15) is 6.61 Å². The van der Waals surface area contributed by atoms with Gasteiger partial charge in [-0.25, -0.2) is 13.8 Å². The Balaban J connectivity index is 2.21. The van der Waals surface area contributed by atoms with E-state index in [0.29, 0.717) is 0 Å². The van der Waals surface area contributed by atoms with E-state index in [4.69, 9.17) is 5.11 Å². The van der Waals surface area contributed by atoms with E-state index in [2.05, 4.69) is 15.3 Å². The van der Waals surface area contributed by atoms with Crippen LogP contribution in [0.15, 0.2) is 12.5 Å². The fourth-order valence-electron chi connectivity index (χ4n) is 0.817. The topological polar surface area (TPSA) is 60.9 Å². The van der Waals surface area contributed by atoms with Crippen molar-refractivity contribution in [3.8, 4) is 0 Å². The highest BCUT2D eigenvalue weighted by Crippen LogP contribution is 2.09. The molecule has 0 aromatic carbocycles. The minimum atomic E-state index is -3.06. The molecule has 13 heavy (non-hydrogen) atoms. The quantitative estimate of drug-likeness (QED) is 0.619. The monoisotopic (exact) mass is 191 g/mol. The summed E-state index contributed by atoms with van der Waals surface area (Å²) in [7, 11) is 0. The van der Waals surface area contributed by atoms with E-state index in [1.54, 1.807) is 6.20 Å². The van der Waals surface area contributed by atoms with Crippen LogP contribution in [-0.4, -0.2) is 34.1 Å². The number of nitrogens with one attached hydrogen (secondary N) is 2. The van der Waals surface area contributed by atoms with Gasteiger partial charge >= 0.3 is 0 Å². The molecule has 0 fully saturated rings. The molecule has 1 aromatic heterocycles. The van der Waals surface area contributed by atoms with Gasteiger partial charge in [0.25, 0.3) is 5.92 Å². The Bertz CT molecular complexity index is 238. The van der Waals surface area contributed by atoms with E-state index in [9.17, 15) is 8.78 Å². The van der Waals surface area contributed by atoms with Crippen LogP contribution in [0.2, 0.25) is 0 Å². The van der Waals surface area contributed by atoms with Crippen LogP contribution in [0.25, 0.3) is 0 Å². The van der Waals surface area contributed by atoms with E-state index < -0.39 is 19.1 Å². The Hall–Kier alpha value is -1.01. The van der Waals surface area contributed by atoms with Gasteiger partial charge in [-0.2, -0.15) is 0 Å². The van der Waals surface area contributed by atoms with Crippen LogP contribution in [0.1, 0.15) is 5.69 Å². The number of aromatic nitrogens is 2. The molecule has 0 amide bonds. The fourth-order valence-corrected chi connectivity index (χ4v) is 0.817. The Labute approximate surface area is 74.0 Å². The van der Waals surface area contributed by atoms with Gasteiger partial charge in [0.2, 0.25) is 0 Å². The second kappa shape index (κ2) is 4.29. The smallest absolute Gasteiger partial charge is 0.282 e. The highest BCUT2D eigenvalue weighted by Gasteiger charge is 2.26. The van der Waals surface area contributed by atoms with Gasteiger partial charge in [-0.1, -0.05) is 0 Å². The first-order valence-corrected chi connectivity index (χ1v) is 3.81. The minimum Gasteiger partial charge on any atom is -0.390 e. The predicted molar refractivity (Wildman–Crippen MR) is 42.3 cm³/mol. The van der Waals surface area contributed by atoms with E-state index in [1.807, 2.05) is 0 Å². The van der Waals surface area contributed by atoms with Gasteiger partial charge in [0, 0.05) is 18.4 Å². The molecule has 0 aliphatic carbocycles. The Morgan fingerprint density at radius 2 is 2.38 bits per heavy atom. The van der Waals surface area contributed by atoms with Gasteiger partial charge < -0.3 is 15.4 Å². The van der Waals surface area contributed by atoms with Gasteiger partial charge in [0.05, 0.1) is 12.9 Å². The molecule has 4 nitrogen and oxygen atoms in total. The average Bonchev–Trinajstić information content (AvgIpc) is 2.57. The number of H-pyrrole nitrogens is 1. The molecule has 0 unspecified atom stereocenters. The molecule has 74 valence electrons. The summed E-state index contributed by atoms with van der Waals surface area (Å²) in [6.07, 6.45) is 3.02. The number of rotatable bonds is 5. The number of aliphatic hydroxyl groups excluding tert-OH is 1. The number of aliphatic hydroxyl groups is 1. The number of imidazole rings is 1. The molecule has 0 radical (unpaired) electrons.